The highest BCUT2D eigenvalue weighted by Gasteiger charge is 2.35. The van der Waals surface area contributed by atoms with E-state index in [0.717, 1.165) is 56.9 Å². The first-order valence-electron chi connectivity index (χ1n) is 8.55. The Morgan fingerprint density at radius 2 is 2.17 bits per heavy atom. The molecule has 2 N–H and O–H groups in total. The molecule has 0 radical (unpaired) electrons. The van der Waals surface area contributed by atoms with Crippen molar-refractivity contribution in [2.75, 3.05) is 26.3 Å². The summed E-state index contributed by atoms with van der Waals surface area (Å²) in [4.78, 5) is 12.5. The Bertz CT molecular complexity index is 538. The van der Waals surface area contributed by atoms with E-state index in [9.17, 15) is 4.79 Å². The lowest BCUT2D eigenvalue weighted by molar-refractivity contribution is -0.124. The molecule has 2 saturated heterocycles. The molecular weight excluding hydrogens is 312 g/mol. The molecule has 23 heavy (non-hydrogen) atoms. The fourth-order valence-corrected chi connectivity index (χ4v) is 3.79. The zero-order chi connectivity index (χ0) is 16.1. The summed E-state index contributed by atoms with van der Waals surface area (Å²) in [6, 6.07) is 7.97. The zero-order valence-electron chi connectivity index (χ0n) is 13.4. The molecule has 0 aliphatic carbocycles. The summed E-state index contributed by atoms with van der Waals surface area (Å²) in [5, 5.41) is 7.24. The Balaban J connectivity index is 1.70. The van der Waals surface area contributed by atoms with Gasteiger partial charge in [0.2, 0.25) is 5.91 Å². The molecule has 1 aromatic carbocycles. The Morgan fingerprint density at radius 1 is 1.35 bits per heavy atom. The van der Waals surface area contributed by atoms with Crippen LogP contribution in [-0.2, 0) is 14.9 Å². The van der Waals surface area contributed by atoms with E-state index >= 15 is 0 Å². The third kappa shape index (κ3) is 4.06. The second-order valence-electron chi connectivity index (χ2n) is 6.62. The van der Waals surface area contributed by atoms with Gasteiger partial charge in [-0.15, -0.1) is 0 Å². The Kier molecular flexibility index (Phi) is 5.57. The molecule has 0 aromatic heterocycles. The minimum atomic E-state index is -0.0759. The van der Waals surface area contributed by atoms with Gasteiger partial charge in [-0.25, -0.2) is 0 Å². The van der Waals surface area contributed by atoms with Gasteiger partial charge in [0, 0.05) is 30.2 Å². The summed E-state index contributed by atoms with van der Waals surface area (Å²) in [6.07, 6.45) is 5.03. The van der Waals surface area contributed by atoms with Crippen LogP contribution in [-0.4, -0.2) is 38.3 Å². The molecule has 5 heteroatoms. The zero-order valence-corrected chi connectivity index (χ0v) is 14.2. The quantitative estimate of drug-likeness (QED) is 0.888. The van der Waals surface area contributed by atoms with Crippen LogP contribution in [0.25, 0.3) is 0 Å². The van der Waals surface area contributed by atoms with Crippen molar-refractivity contribution < 1.29 is 9.53 Å². The predicted molar refractivity (Wildman–Crippen MR) is 91.8 cm³/mol. The number of nitrogens with one attached hydrogen (secondary N) is 2. The van der Waals surface area contributed by atoms with E-state index in [1.165, 1.54) is 5.56 Å². The summed E-state index contributed by atoms with van der Waals surface area (Å²) < 4.78 is 5.54. The highest BCUT2D eigenvalue weighted by atomic mass is 35.5. The van der Waals surface area contributed by atoms with E-state index in [-0.39, 0.29) is 17.4 Å². The molecule has 2 fully saturated rings. The number of rotatable bonds is 4. The molecule has 1 unspecified atom stereocenters. The van der Waals surface area contributed by atoms with Gasteiger partial charge in [-0.1, -0.05) is 30.2 Å². The molecule has 2 aliphatic heterocycles. The molecule has 0 bridgehead atoms. The molecule has 2 heterocycles. The summed E-state index contributed by atoms with van der Waals surface area (Å²) >= 11 is 6.18. The normalized spacial score (nSPS) is 24.1. The number of hydrogen-bond acceptors (Lipinski definition) is 3. The van der Waals surface area contributed by atoms with Crippen LogP contribution in [0.15, 0.2) is 24.3 Å². The maximum Gasteiger partial charge on any atom is 0.237 e. The van der Waals surface area contributed by atoms with Gasteiger partial charge in [0.05, 0.1) is 6.04 Å². The number of carbonyl (C=O) groups is 1. The smallest absolute Gasteiger partial charge is 0.237 e. The SMILES string of the molecule is O=C(NCC1(c2cccc(Cl)c2)CCOCC1)C1CCCCN1. The maximum atomic E-state index is 12.5. The first kappa shape index (κ1) is 16.7. The number of piperidine rings is 1. The van der Waals surface area contributed by atoms with Crippen LogP contribution in [0.4, 0.5) is 0 Å². The molecule has 1 atom stereocenters. The molecule has 0 saturated carbocycles. The third-order valence-electron chi connectivity index (χ3n) is 5.11. The number of ether oxygens (including phenoxy) is 1. The highest BCUT2D eigenvalue weighted by Crippen LogP contribution is 2.35. The van der Waals surface area contributed by atoms with Gasteiger partial charge in [0.1, 0.15) is 0 Å². The monoisotopic (exact) mass is 336 g/mol. The first-order chi connectivity index (χ1) is 11.2. The van der Waals surface area contributed by atoms with Crippen molar-refractivity contribution >= 4 is 17.5 Å². The fraction of sp³-hybridized carbons (Fsp3) is 0.611. The number of benzene rings is 1. The molecule has 2 aliphatic rings. The van der Waals surface area contributed by atoms with Gasteiger partial charge < -0.3 is 15.4 Å². The minimum Gasteiger partial charge on any atom is -0.381 e. The summed E-state index contributed by atoms with van der Waals surface area (Å²) in [5.74, 6) is 0.123. The molecular formula is C18H25ClN2O2. The van der Waals surface area contributed by atoms with Gasteiger partial charge in [0.25, 0.3) is 0 Å². The minimum absolute atomic E-state index is 0.0417. The molecule has 1 amide bonds. The van der Waals surface area contributed by atoms with Crippen molar-refractivity contribution in [2.24, 2.45) is 0 Å². The average Bonchev–Trinajstić information content (AvgIpc) is 2.61. The van der Waals surface area contributed by atoms with E-state index < -0.39 is 0 Å². The van der Waals surface area contributed by atoms with Crippen molar-refractivity contribution in [2.45, 2.75) is 43.6 Å². The van der Waals surface area contributed by atoms with Crippen LogP contribution in [0, 0.1) is 0 Å². The lowest BCUT2D eigenvalue weighted by atomic mass is 9.74. The number of carbonyl (C=O) groups excluding carboxylic acids is 1. The first-order valence-corrected chi connectivity index (χ1v) is 8.92. The maximum absolute atomic E-state index is 12.5. The Morgan fingerprint density at radius 3 is 2.87 bits per heavy atom. The van der Waals surface area contributed by atoms with E-state index in [2.05, 4.69) is 16.7 Å². The van der Waals surface area contributed by atoms with Crippen LogP contribution in [0.5, 0.6) is 0 Å². The predicted octanol–water partition coefficient (Wildman–Crippen LogP) is 2.65. The second kappa shape index (κ2) is 7.65. The van der Waals surface area contributed by atoms with E-state index in [0.29, 0.717) is 6.54 Å². The molecule has 126 valence electrons. The van der Waals surface area contributed by atoms with Gasteiger partial charge >= 0.3 is 0 Å². The van der Waals surface area contributed by atoms with E-state index in [4.69, 9.17) is 16.3 Å². The van der Waals surface area contributed by atoms with Crippen LogP contribution in [0.2, 0.25) is 5.02 Å². The average molecular weight is 337 g/mol. The summed E-state index contributed by atoms with van der Waals surface area (Å²) in [5.41, 5.74) is 1.12. The van der Waals surface area contributed by atoms with Crippen molar-refractivity contribution in [3.05, 3.63) is 34.9 Å². The van der Waals surface area contributed by atoms with Crippen molar-refractivity contribution in [3.8, 4) is 0 Å². The molecule has 3 rings (SSSR count). The van der Waals surface area contributed by atoms with Crippen LogP contribution < -0.4 is 10.6 Å². The fourth-order valence-electron chi connectivity index (χ4n) is 3.60. The Labute approximate surface area is 142 Å². The number of amides is 1. The van der Waals surface area contributed by atoms with Crippen LogP contribution in [0.3, 0.4) is 0 Å². The van der Waals surface area contributed by atoms with Crippen molar-refractivity contribution in [3.63, 3.8) is 0 Å². The van der Waals surface area contributed by atoms with Gasteiger partial charge in [-0.2, -0.15) is 0 Å². The summed E-state index contributed by atoms with van der Waals surface area (Å²) in [6.45, 7) is 3.03. The topological polar surface area (TPSA) is 50.4 Å². The van der Waals surface area contributed by atoms with E-state index in [1.807, 2.05) is 18.2 Å². The lowest BCUT2D eigenvalue weighted by Crippen LogP contribution is -2.51. The molecule has 1 aromatic rings. The molecule has 4 nitrogen and oxygen atoms in total. The van der Waals surface area contributed by atoms with Crippen LogP contribution in [0.1, 0.15) is 37.7 Å². The number of halogens is 1. The van der Waals surface area contributed by atoms with Crippen LogP contribution >= 0.6 is 11.6 Å². The lowest BCUT2D eigenvalue weighted by Gasteiger charge is -2.38. The standard InChI is InChI=1S/C18H25ClN2O2/c19-15-5-3-4-14(12-15)18(7-10-23-11-8-18)13-21-17(22)16-6-1-2-9-20-16/h3-5,12,16,20H,1-2,6-11,13H2,(H,21,22). The van der Waals surface area contributed by atoms with E-state index in [1.54, 1.807) is 0 Å². The Hall–Kier alpha value is -1.10. The third-order valence-corrected chi connectivity index (χ3v) is 5.35. The largest absolute Gasteiger partial charge is 0.381 e. The van der Waals surface area contributed by atoms with Gasteiger partial charge in [-0.05, 0) is 49.9 Å². The highest BCUT2D eigenvalue weighted by molar-refractivity contribution is 6.30. The second-order valence-corrected chi connectivity index (χ2v) is 7.06. The summed E-state index contributed by atoms with van der Waals surface area (Å²) in [7, 11) is 0. The van der Waals surface area contributed by atoms with Crippen molar-refractivity contribution in [1.29, 1.82) is 0 Å². The molecule has 0 spiro atoms. The number of hydrogen-bond donors (Lipinski definition) is 2. The van der Waals surface area contributed by atoms with Gasteiger partial charge in [0.15, 0.2) is 0 Å². The van der Waals surface area contributed by atoms with Crippen molar-refractivity contribution in [1.82, 2.24) is 10.6 Å². The van der Waals surface area contributed by atoms with Gasteiger partial charge in [-0.3, -0.25) is 4.79 Å².